The molecule has 0 aliphatic heterocycles. The first-order chi connectivity index (χ1) is 10.3. The van der Waals surface area contributed by atoms with Crippen molar-refractivity contribution in [2.24, 2.45) is 5.41 Å². The molecule has 4 nitrogen and oxygen atoms in total. The summed E-state index contributed by atoms with van der Waals surface area (Å²) in [4.78, 5) is 16.8. The largest absolute Gasteiger partial charge is 0.497 e. The average molecular weight is 304 g/mol. The molecule has 22 heavy (non-hydrogen) atoms. The lowest BCUT2D eigenvalue weighted by molar-refractivity contribution is -0.124. The highest BCUT2D eigenvalue weighted by atomic mass is 16.5. The van der Waals surface area contributed by atoms with Crippen molar-refractivity contribution >= 4 is 11.9 Å². The fourth-order valence-corrected chi connectivity index (χ4v) is 2.69. The molecule has 4 heteroatoms. The molecule has 0 saturated carbocycles. The summed E-state index contributed by atoms with van der Waals surface area (Å²) in [5, 5.41) is 0. The van der Waals surface area contributed by atoms with Crippen LogP contribution >= 0.6 is 0 Å². The summed E-state index contributed by atoms with van der Waals surface area (Å²) in [6.45, 7) is 3.46. The fraction of sp³-hybridized carbons (Fsp3) is 0.500. The summed E-state index contributed by atoms with van der Waals surface area (Å²) >= 11 is 0. The summed E-state index contributed by atoms with van der Waals surface area (Å²) in [7, 11) is 9.62. The monoisotopic (exact) mass is 304 g/mol. The topological polar surface area (TPSA) is 32.8 Å². The van der Waals surface area contributed by atoms with Crippen molar-refractivity contribution in [3.05, 3.63) is 35.9 Å². The third-order valence-corrected chi connectivity index (χ3v) is 3.47. The molecule has 1 rings (SSSR count). The normalized spacial score (nSPS) is 12.4. The van der Waals surface area contributed by atoms with Crippen LogP contribution in [0.3, 0.4) is 0 Å². The lowest BCUT2D eigenvalue weighted by atomic mass is 9.84. The zero-order chi connectivity index (χ0) is 16.8. The average Bonchev–Trinajstić information content (AvgIpc) is 2.43. The first-order valence-electron chi connectivity index (χ1n) is 7.43. The predicted octanol–water partition coefficient (Wildman–Crippen LogP) is 2.41. The van der Waals surface area contributed by atoms with Crippen LogP contribution < -0.4 is 4.74 Å². The highest BCUT2D eigenvalue weighted by Crippen LogP contribution is 2.21. The fourth-order valence-electron chi connectivity index (χ4n) is 2.69. The van der Waals surface area contributed by atoms with Gasteiger partial charge >= 0.3 is 0 Å². The number of carbonyl (C=O) groups excluding carboxylic acids is 1. The molecule has 0 unspecified atom stereocenters. The quantitative estimate of drug-likeness (QED) is 0.691. The van der Waals surface area contributed by atoms with E-state index >= 15 is 0 Å². The Kier molecular flexibility index (Phi) is 6.78. The molecule has 1 aromatic rings. The van der Waals surface area contributed by atoms with Crippen molar-refractivity contribution in [2.45, 2.75) is 6.92 Å². The highest BCUT2D eigenvalue weighted by Gasteiger charge is 2.32. The first kappa shape index (κ1) is 18.4. The summed E-state index contributed by atoms with van der Waals surface area (Å²) in [6, 6.07) is 7.67. The number of ether oxygens (including phenoxy) is 1. The van der Waals surface area contributed by atoms with Crippen molar-refractivity contribution in [1.82, 2.24) is 9.80 Å². The van der Waals surface area contributed by atoms with Gasteiger partial charge in [0.05, 0.1) is 12.5 Å². The van der Waals surface area contributed by atoms with Gasteiger partial charge in [-0.1, -0.05) is 18.2 Å². The van der Waals surface area contributed by atoms with Gasteiger partial charge in [-0.15, -0.1) is 0 Å². The number of nitrogens with zero attached hydrogens (tertiary/aromatic N) is 2. The van der Waals surface area contributed by atoms with Gasteiger partial charge in [0.2, 0.25) is 0 Å². The van der Waals surface area contributed by atoms with Crippen molar-refractivity contribution < 1.29 is 9.53 Å². The van der Waals surface area contributed by atoms with Crippen molar-refractivity contribution in [1.29, 1.82) is 0 Å². The number of hydrogen-bond acceptors (Lipinski definition) is 4. The Morgan fingerprint density at radius 3 is 2.00 bits per heavy atom. The van der Waals surface area contributed by atoms with Gasteiger partial charge < -0.3 is 14.5 Å². The van der Waals surface area contributed by atoms with Crippen molar-refractivity contribution in [2.75, 3.05) is 48.4 Å². The van der Waals surface area contributed by atoms with Crippen LogP contribution in [0.5, 0.6) is 5.75 Å². The van der Waals surface area contributed by atoms with Gasteiger partial charge in [0.25, 0.3) is 0 Å². The Hall–Kier alpha value is -1.65. The summed E-state index contributed by atoms with van der Waals surface area (Å²) < 4.78 is 5.13. The molecular weight excluding hydrogens is 276 g/mol. The van der Waals surface area contributed by atoms with E-state index in [1.165, 1.54) is 0 Å². The van der Waals surface area contributed by atoms with Gasteiger partial charge in [0.15, 0.2) is 5.78 Å². The standard InChI is InChI=1S/C18H28N2O2/c1-18(13-19(2)3,14-20(4)5)17(21)12-9-15-7-10-16(22-6)11-8-15/h7-12H,13-14H2,1-6H3/b12-9-. The minimum absolute atomic E-state index is 0.144. The van der Waals surface area contributed by atoms with E-state index < -0.39 is 5.41 Å². The Labute approximate surface area is 134 Å². The number of carbonyl (C=O) groups is 1. The van der Waals surface area contributed by atoms with Crippen LogP contribution in [0.15, 0.2) is 30.3 Å². The highest BCUT2D eigenvalue weighted by molar-refractivity contribution is 5.98. The number of allylic oxidation sites excluding steroid dienone is 1. The lowest BCUT2D eigenvalue weighted by Crippen LogP contribution is -2.44. The maximum atomic E-state index is 12.7. The third kappa shape index (κ3) is 5.62. The molecule has 0 spiro atoms. The maximum Gasteiger partial charge on any atom is 0.164 e. The van der Waals surface area contributed by atoms with Crippen LogP contribution in [-0.4, -0.2) is 64.0 Å². The maximum absolute atomic E-state index is 12.7. The van der Waals surface area contributed by atoms with Crippen LogP contribution in [0.2, 0.25) is 0 Å². The van der Waals surface area contributed by atoms with Crippen LogP contribution in [0, 0.1) is 5.41 Å². The summed E-state index contributed by atoms with van der Waals surface area (Å²) in [5.74, 6) is 0.958. The van der Waals surface area contributed by atoms with Crippen LogP contribution in [0.25, 0.3) is 6.08 Å². The molecule has 0 amide bonds. The first-order valence-corrected chi connectivity index (χ1v) is 7.43. The molecule has 0 radical (unpaired) electrons. The van der Waals surface area contributed by atoms with Gasteiger partial charge in [-0.2, -0.15) is 0 Å². The Bertz CT molecular complexity index is 494. The molecule has 0 aliphatic carbocycles. The molecule has 0 N–H and O–H groups in total. The van der Waals surface area contributed by atoms with Gasteiger partial charge in [-0.3, -0.25) is 4.79 Å². The van der Waals surface area contributed by atoms with Gasteiger partial charge in [0.1, 0.15) is 5.75 Å². The molecule has 1 aromatic carbocycles. The molecule has 0 aromatic heterocycles. The number of hydrogen-bond donors (Lipinski definition) is 0. The zero-order valence-corrected chi connectivity index (χ0v) is 14.6. The van der Waals surface area contributed by atoms with E-state index in [1.54, 1.807) is 13.2 Å². The van der Waals surface area contributed by atoms with E-state index in [-0.39, 0.29) is 5.78 Å². The molecular formula is C18H28N2O2. The van der Waals surface area contributed by atoms with E-state index in [4.69, 9.17) is 4.74 Å². The molecule has 0 saturated heterocycles. The summed E-state index contributed by atoms with van der Waals surface area (Å²) in [6.07, 6.45) is 3.56. The van der Waals surface area contributed by atoms with Crippen LogP contribution in [0.1, 0.15) is 12.5 Å². The molecule has 0 aliphatic rings. The Balaban J connectivity index is 2.86. The van der Waals surface area contributed by atoms with Gasteiger partial charge in [-0.25, -0.2) is 0 Å². The predicted molar refractivity (Wildman–Crippen MR) is 92.3 cm³/mol. The molecule has 0 heterocycles. The number of benzene rings is 1. The minimum atomic E-state index is -0.421. The number of ketones is 1. The molecule has 0 atom stereocenters. The van der Waals surface area contributed by atoms with E-state index in [0.717, 1.165) is 24.4 Å². The molecule has 122 valence electrons. The summed E-state index contributed by atoms with van der Waals surface area (Å²) in [5.41, 5.74) is 0.571. The Morgan fingerprint density at radius 1 is 1.09 bits per heavy atom. The van der Waals surface area contributed by atoms with E-state index in [0.29, 0.717) is 0 Å². The van der Waals surface area contributed by atoms with Crippen molar-refractivity contribution in [3.8, 4) is 5.75 Å². The Morgan fingerprint density at radius 2 is 1.59 bits per heavy atom. The van der Waals surface area contributed by atoms with E-state index in [1.807, 2.05) is 65.5 Å². The molecule has 0 fully saturated rings. The molecule has 0 bridgehead atoms. The van der Waals surface area contributed by atoms with Crippen molar-refractivity contribution in [3.63, 3.8) is 0 Å². The minimum Gasteiger partial charge on any atom is -0.497 e. The smallest absolute Gasteiger partial charge is 0.164 e. The SMILES string of the molecule is COc1ccc(/C=C\C(=O)C(C)(CN(C)C)CN(C)C)cc1. The van der Waals surface area contributed by atoms with Crippen LogP contribution in [-0.2, 0) is 4.79 Å². The van der Waals surface area contributed by atoms with E-state index in [9.17, 15) is 4.79 Å². The number of methoxy groups -OCH3 is 1. The van der Waals surface area contributed by atoms with E-state index in [2.05, 4.69) is 9.80 Å². The lowest BCUT2D eigenvalue weighted by Gasteiger charge is -2.32. The second-order valence-electron chi connectivity index (χ2n) is 6.51. The second kappa shape index (κ2) is 8.11. The zero-order valence-electron chi connectivity index (χ0n) is 14.6. The third-order valence-electron chi connectivity index (χ3n) is 3.47. The van der Waals surface area contributed by atoms with Gasteiger partial charge in [0, 0.05) is 13.1 Å². The number of rotatable bonds is 8. The second-order valence-corrected chi connectivity index (χ2v) is 6.51. The van der Waals surface area contributed by atoms with Gasteiger partial charge in [-0.05, 0) is 58.9 Å². The van der Waals surface area contributed by atoms with Crippen LogP contribution in [0.4, 0.5) is 0 Å².